The predicted molar refractivity (Wildman–Crippen MR) is 218 cm³/mol. The van der Waals surface area contributed by atoms with Crippen molar-refractivity contribution in [3.05, 3.63) is 29.8 Å². The molecule has 5 aliphatic heterocycles. The molecule has 1 aromatic carbocycles. The number of carbonyl (C=O) groups is 9. The molecule has 24 heteroatoms. The summed E-state index contributed by atoms with van der Waals surface area (Å²) in [6.45, 7) is 2.78. The van der Waals surface area contributed by atoms with Gasteiger partial charge < -0.3 is 20.7 Å². The summed E-state index contributed by atoms with van der Waals surface area (Å²) < 4.78 is 21.3. The third-order valence-electron chi connectivity index (χ3n) is 10.3. The van der Waals surface area contributed by atoms with Crippen molar-refractivity contribution in [2.45, 2.75) is 52.0 Å². The van der Waals surface area contributed by atoms with Crippen LogP contribution in [0.4, 0.5) is 0 Å². The van der Waals surface area contributed by atoms with Crippen molar-refractivity contribution in [1.29, 1.82) is 0 Å². The molecule has 0 spiro atoms. The number of hydrogen-bond donors (Lipinski definition) is 7. The Kier molecular flexibility index (Phi) is 20.8. The van der Waals surface area contributed by atoms with E-state index < -0.39 is 114 Å². The molecular weight excluding hydrogens is 931 g/mol. The fourth-order valence-corrected chi connectivity index (χ4v) is 10.1. The maximum atomic E-state index is 13.8. The van der Waals surface area contributed by atoms with Gasteiger partial charge in [0.25, 0.3) is 0 Å². The van der Waals surface area contributed by atoms with Crippen LogP contribution in [0, 0.1) is 17.8 Å². The second-order valence-corrected chi connectivity index (χ2v) is 19.5. The summed E-state index contributed by atoms with van der Waals surface area (Å²) in [7, 11) is 0. The van der Waals surface area contributed by atoms with Crippen LogP contribution in [0.15, 0.2) is 24.3 Å². The van der Waals surface area contributed by atoms with Crippen molar-refractivity contribution in [2.24, 2.45) is 17.8 Å². The fraction of sp³-hybridized carbons (Fsp3) is 0.615. The van der Waals surface area contributed by atoms with Gasteiger partial charge in [0.2, 0.25) is 23.6 Å². The summed E-state index contributed by atoms with van der Waals surface area (Å²) in [6, 6.07) is 5.89. The second kappa shape index (κ2) is 25.9. The molecule has 5 heterocycles. The molecule has 346 valence electrons. The van der Waals surface area contributed by atoms with Crippen LogP contribution in [0.3, 0.4) is 0 Å². The van der Waals surface area contributed by atoms with E-state index in [1.54, 1.807) is 34.6 Å². The van der Waals surface area contributed by atoms with Gasteiger partial charge in [0.15, 0.2) is 0 Å². The number of aliphatic carboxylic acids is 1. The van der Waals surface area contributed by atoms with E-state index in [-0.39, 0.29) is 84.3 Å². The van der Waals surface area contributed by atoms with E-state index in [1.165, 1.54) is 9.80 Å². The summed E-state index contributed by atoms with van der Waals surface area (Å²) in [5.41, 5.74) is 2.38. The third kappa shape index (κ3) is 18.3. The van der Waals surface area contributed by atoms with Crippen LogP contribution in [0.25, 0.3) is 0 Å². The molecule has 23 nitrogen and oxygen atoms in total. The van der Waals surface area contributed by atoms with Gasteiger partial charge in [-0.1, -0.05) is 26.0 Å². The van der Waals surface area contributed by atoms with Gasteiger partial charge in [0, 0.05) is 18.9 Å². The third-order valence-corrected chi connectivity index (χ3v) is 14.2. The summed E-state index contributed by atoms with van der Waals surface area (Å²) >= 11 is -4.30. The minimum atomic E-state index is -4.30. The van der Waals surface area contributed by atoms with Crippen LogP contribution in [-0.4, -0.2) is 192 Å². The zero-order chi connectivity index (χ0) is 45.9. The van der Waals surface area contributed by atoms with E-state index in [1.807, 2.05) is 13.8 Å². The van der Waals surface area contributed by atoms with Gasteiger partial charge in [-0.05, 0) is 42.9 Å². The van der Waals surface area contributed by atoms with E-state index in [9.17, 15) is 53.5 Å². The summed E-state index contributed by atoms with van der Waals surface area (Å²) in [5, 5.41) is 29.7. The smallest absolute Gasteiger partial charge is 0.247 e. The zero-order valence-corrected chi connectivity index (χ0v) is 38.8. The monoisotopic (exact) mass is 988 g/mol. The van der Waals surface area contributed by atoms with Gasteiger partial charge in [-0.15, -0.1) is 0 Å². The molecule has 63 heavy (non-hydrogen) atoms. The molecule has 6 rings (SSSR count). The number of benzene rings is 1. The van der Waals surface area contributed by atoms with Crippen molar-refractivity contribution >= 4 is 76.2 Å². The number of hydroxylamine groups is 1. The normalized spacial score (nSPS) is 21.3. The largest absolute Gasteiger partial charge is 0.494 e. The minimum Gasteiger partial charge on any atom is -0.494 e. The summed E-state index contributed by atoms with van der Waals surface area (Å²) in [4.78, 5) is 119. The first-order chi connectivity index (χ1) is 30.1. The van der Waals surface area contributed by atoms with E-state index >= 15 is 0 Å². The maximum Gasteiger partial charge on any atom is 0.247 e. The van der Waals surface area contributed by atoms with Crippen molar-refractivity contribution in [2.75, 3.05) is 85.1 Å². The SMILES string of the molecule is CC(C)C[C@H]1C(=O)N[C@H](C(=O)NCC(=O)NCCCNC(=O)CN2CCN(CC(=O)O)CC(=O)[O][111In]3[O]C(=O)CN(CC2)CC(=O)[O]3)Cc2ccc(cc2)OCCC[C@@H]1C(=O)NO. The zero-order valence-electron chi connectivity index (χ0n) is 35.5. The molecule has 5 aliphatic rings. The second-order valence-electron chi connectivity index (χ2n) is 15.8. The van der Waals surface area contributed by atoms with E-state index in [0.29, 0.717) is 30.6 Å². The van der Waals surface area contributed by atoms with Gasteiger partial charge >= 0.3 is 182 Å². The Labute approximate surface area is 373 Å². The van der Waals surface area contributed by atoms with Gasteiger partial charge in [-0.25, -0.2) is 5.48 Å². The topological polar surface area (TPSA) is 301 Å². The number of carboxylic acid groups (broad SMARTS) is 1. The average molecular weight is 989 g/mol. The van der Waals surface area contributed by atoms with Crippen LogP contribution in [0.2, 0.25) is 0 Å². The molecule has 3 atom stereocenters. The maximum absolute atomic E-state index is 13.8. The number of ether oxygens (including phenoxy) is 1. The number of nitrogens with one attached hydrogen (secondary N) is 5. The van der Waals surface area contributed by atoms with Crippen molar-refractivity contribution < 1.29 is 66.8 Å². The fourth-order valence-electron chi connectivity index (χ4n) is 7.16. The van der Waals surface area contributed by atoms with Gasteiger partial charge in [-0.3, -0.25) is 24.4 Å². The molecular formula is C39H57InN8O15. The Bertz CT molecular complexity index is 1770. The molecule has 0 saturated carbocycles. The Morgan fingerprint density at radius 2 is 1.43 bits per heavy atom. The Balaban J connectivity index is 1.29. The Morgan fingerprint density at radius 3 is 2.06 bits per heavy atom. The number of fused-ring (bicyclic) bond motifs is 23. The number of nitrogens with zero attached hydrogens (tertiary/aromatic N) is 3. The van der Waals surface area contributed by atoms with Gasteiger partial charge in [0.1, 0.15) is 11.8 Å². The molecule has 4 bridgehead atoms. The van der Waals surface area contributed by atoms with Crippen LogP contribution in [0.1, 0.15) is 45.1 Å². The number of carbonyl (C=O) groups excluding carboxylic acids is 8. The molecule has 1 aromatic rings. The van der Waals surface area contributed by atoms with E-state index in [2.05, 4.69) is 21.3 Å². The summed E-state index contributed by atoms with van der Waals surface area (Å²) in [6.07, 6.45) is 1.35. The first-order valence-corrected chi connectivity index (χ1v) is 24.9. The molecule has 0 radical (unpaired) electrons. The Hall–Kier alpha value is -5.04. The van der Waals surface area contributed by atoms with Crippen LogP contribution in [0.5, 0.6) is 5.75 Å². The Morgan fingerprint density at radius 1 is 0.810 bits per heavy atom. The van der Waals surface area contributed by atoms with Crippen molar-refractivity contribution in [3.8, 4) is 5.75 Å². The van der Waals surface area contributed by atoms with Crippen molar-refractivity contribution in [3.63, 3.8) is 0 Å². The molecule has 5 amide bonds. The molecule has 0 aromatic heterocycles. The van der Waals surface area contributed by atoms with Crippen LogP contribution < -0.4 is 31.5 Å². The van der Waals surface area contributed by atoms with E-state index in [0.717, 1.165) is 0 Å². The summed E-state index contributed by atoms with van der Waals surface area (Å²) in [5.74, 6) is -7.60. The standard InChI is InChI=1S/C39H60N8O15.In/c1-25(2)17-29-28(38(59)44-61)5-3-16-62-27-8-6-26(7-9-27)18-30(43-37(29)58)39(60)42-19-31(48)40-10-4-11-41-32(49)20-45(12-14-46(21-33(50)51)22-34(52)53)13-15-47(23-35(54)55)24-36(56)57;/h6-9,25,28-30,61H,3-5,10-24H2,1-2H3,(H,40,48)(H,41,49)(H,42,60)(H,43,58)(H,44,59)(H,50,51)(H,52,53)(H,54,55)(H,56,57);/q;+3/p-3/t28-,29+,30-;/m0./s1/i;1-4. The molecule has 0 unspecified atom stereocenters. The molecule has 3 fully saturated rings. The number of amides is 5. The van der Waals surface area contributed by atoms with Crippen LogP contribution in [-0.2, 0) is 58.1 Å². The number of rotatable bonds is 14. The number of carboxylic acids is 1. The quantitative estimate of drug-likeness (QED) is 0.0424. The minimum absolute atomic E-state index is 0.00148. The molecule has 3 saturated heterocycles. The number of hydrogen-bond acceptors (Lipinski definition) is 17. The van der Waals surface area contributed by atoms with Gasteiger partial charge in [0.05, 0.1) is 19.1 Å². The molecule has 0 aliphatic carbocycles. The predicted octanol–water partition coefficient (Wildman–Crippen LogP) is -2.96. The van der Waals surface area contributed by atoms with Gasteiger partial charge in [-0.2, -0.15) is 0 Å². The van der Waals surface area contributed by atoms with Crippen molar-refractivity contribution in [1.82, 2.24) is 41.4 Å². The first-order valence-electron chi connectivity index (χ1n) is 20.8. The average Bonchev–Trinajstić information content (AvgIpc) is 3.21. The first kappa shape index (κ1) is 50.6. The van der Waals surface area contributed by atoms with Crippen LogP contribution >= 0.6 is 0 Å². The van der Waals surface area contributed by atoms with E-state index in [4.69, 9.17) is 13.3 Å². The molecule has 7 N–H and O–H groups in total.